The van der Waals surface area contributed by atoms with Crippen molar-refractivity contribution < 1.29 is 9.90 Å². The van der Waals surface area contributed by atoms with Gasteiger partial charge in [-0.25, -0.2) is 4.98 Å². The van der Waals surface area contributed by atoms with Gasteiger partial charge < -0.3 is 15.0 Å². The van der Waals surface area contributed by atoms with E-state index >= 15 is 0 Å². The van der Waals surface area contributed by atoms with Crippen molar-refractivity contribution in [3.05, 3.63) is 66.0 Å². The second-order valence-corrected chi connectivity index (χ2v) is 6.38. The molecule has 0 radical (unpaired) electrons. The molecular weight excluding hydrogens is 374 g/mol. The van der Waals surface area contributed by atoms with Crippen molar-refractivity contribution >= 4 is 45.5 Å². The number of aromatic nitrogens is 2. The summed E-state index contributed by atoms with van der Waals surface area (Å²) in [5.74, 6) is 0.239. The summed E-state index contributed by atoms with van der Waals surface area (Å²) in [6, 6.07) is 15.5. The maximum Gasteiger partial charge on any atom is 0.214 e. The number of rotatable bonds is 1. The Morgan fingerprint density at radius 3 is 2.61 bits per heavy atom. The zero-order chi connectivity index (χ0) is 20.1. The molecule has 0 bridgehead atoms. The Bertz CT molecular complexity index is 1070. The molecule has 3 heterocycles. The number of halogens is 1. The summed E-state index contributed by atoms with van der Waals surface area (Å²) in [6.07, 6.45) is 4.94. The number of nitrogens with one attached hydrogen (secondary N) is 1. The van der Waals surface area contributed by atoms with Crippen molar-refractivity contribution in [3.63, 3.8) is 0 Å². The molecule has 0 spiro atoms. The number of phenols is 1. The zero-order valence-electron chi connectivity index (χ0n) is 15.8. The van der Waals surface area contributed by atoms with E-state index in [-0.39, 0.29) is 5.75 Å². The van der Waals surface area contributed by atoms with Gasteiger partial charge in [0.25, 0.3) is 0 Å². The van der Waals surface area contributed by atoms with Crippen molar-refractivity contribution in [2.45, 2.75) is 13.3 Å². The van der Waals surface area contributed by atoms with E-state index in [0.717, 1.165) is 46.2 Å². The highest BCUT2D eigenvalue weighted by molar-refractivity contribution is 6.15. The minimum absolute atomic E-state index is 0.239. The van der Waals surface area contributed by atoms with Gasteiger partial charge in [-0.2, -0.15) is 0 Å². The van der Waals surface area contributed by atoms with Crippen molar-refractivity contribution in [2.75, 3.05) is 17.8 Å². The van der Waals surface area contributed by atoms with Crippen LogP contribution in [0.15, 0.2) is 54.7 Å². The molecule has 0 atom stereocenters. The van der Waals surface area contributed by atoms with Crippen LogP contribution in [0.4, 0.5) is 5.69 Å². The molecule has 6 heteroatoms. The summed E-state index contributed by atoms with van der Waals surface area (Å²) in [5.41, 5.74) is 4.13. The van der Waals surface area contributed by atoms with Crippen molar-refractivity contribution in [1.29, 1.82) is 0 Å². The van der Waals surface area contributed by atoms with Crippen LogP contribution >= 0.6 is 11.6 Å². The van der Waals surface area contributed by atoms with E-state index in [9.17, 15) is 9.90 Å². The molecule has 0 unspecified atom stereocenters. The molecular formula is C22H22ClN3O2. The van der Waals surface area contributed by atoms with Gasteiger partial charge in [-0.3, -0.25) is 4.79 Å². The van der Waals surface area contributed by atoms with Crippen molar-refractivity contribution in [2.24, 2.45) is 0 Å². The lowest BCUT2D eigenvalue weighted by molar-refractivity contribution is -0.107. The number of fused-ring (bicyclic) bond motifs is 4. The van der Waals surface area contributed by atoms with E-state index < -0.39 is 0 Å². The lowest BCUT2D eigenvalue weighted by Gasteiger charge is -2.12. The van der Waals surface area contributed by atoms with E-state index in [2.05, 4.69) is 27.6 Å². The van der Waals surface area contributed by atoms with Crippen LogP contribution in [0, 0.1) is 6.92 Å². The summed E-state index contributed by atoms with van der Waals surface area (Å²) >= 11 is 4.64. The molecule has 28 heavy (non-hydrogen) atoms. The third-order valence-corrected chi connectivity index (χ3v) is 4.68. The third-order valence-electron chi connectivity index (χ3n) is 4.68. The molecule has 1 aliphatic rings. The monoisotopic (exact) mass is 395 g/mol. The number of anilines is 1. The highest BCUT2D eigenvalue weighted by Crippen LogP contribution is 2.38. The Morgan fingerprint density at radius 2 is 1.89 bits per heavy atom. The Balaban J connectivity index is 0.000000161. The largest absolute Gasteiger partial charge is 0.507 e. The SMILES string of the molecule is CCl.Cc1cc2cccnc2[nH]1.O=CN1CCc2c1cc(O)c1ccccc21. The molecule has 0 fully saturated rings. The Kier molecular flexibility index (Phi) is 6.16. The van der Waals surface area contributed by atoms with Gasteiger partial charge >= 0.3 is 0 Å². The topological polar surface area (TPSA) is 69.2 Å². The van der Waals surface area contributed by atoms with Crippen LogP contribution in [0.5, 0.6) is 5.75 Å². The van der Waals surface area contributed by atoms with E-state index in [1.165, 1.54) is 11.8 Å². The van der Waals surface area contributed by atoms with Crippen LogP contribution in [0.1, 0.15) is 11.3 Å². The van der Waals surface area contributed by atoms with E-state index in [4.69, 9.17) is 0 Å². The van der Waals surface area contributed by atoms with Gasteiger partial charge in [0.05, 0.1) is 5.69 Å². The number of nitrogens with zero attached hydrogens (tertiary/aromatic N) is 2. The fourth-order valence-electron chi connectivity index (χ4n) is 3.48. The number of carbonyl (C=O) groups is 1. The molecule has 1 aliphatic heterocycles. The van der Waals surface area contributed by atoms with Crippen LogP contribution < -0.4 is 4.90 Å². The highest BCUT2D eigenvalue weighted by Gasteiger charge is 2.22. The number of phenolic OH excluding ortho intramolecular Hbond substituents is 1. The highest BCUT2D eigenvalue weighted by atomic mass is 35.5. The van der Waals surface area contributed by atoms with Gasteiger partial charge in [0, 0.05) is 41.7 Å². The van der Waals surface area contributed by atoms with Crippen LogP contribution in [0.25, 0.3) is 21.8 Å². The quantitative estimate of drug-likeness (QED) is 0.359. The van der Waals surface area contributed by atoms with Gasteiger partial charge in [0.1, 0.15) is 11.4 Å². The number of carbonyl (C=O) groups excluding carboxylic acids is 1. The maximum absolute atomic E-state index is 10.9. The van der Waals surface area contributed by atoms with Gasteiger partial charge in [-0.1, -0.05) is 24.3 Å². The average molecular weight is 396 g/mol. The summed E-state index contributed by atoms with van der Waals surface area (Å²) in [5, 5.41) is 13.0. The number of amides is 1. The number of H-pyrrole nitrogens is 1. The maximum atomic E-state index is 10.9. The molecule has 0 saturated heterocycles. The second-order valence-electron chi connectivity index (χ2n) is 6.38. The fourth-order valence-corrected chi connectivity index (χ4v) is 3.48. The molecule has 144 valence electrons. The molecule has 0 saturated carbocycles. The van der Waals surface area contributed by atoms with Crippen LogP contribution in [-0.4, -0.2) is 34.4 Å². The third kappa shape index (κ3) is 3.80. The Hall–Kier alpha value is -3.05. The molecule has 2 aromatic heterocycles. The first kappa shape index (κ1) is 19.7. The number of hydrogen-bond acceptors (Lipinski definition) is 3. The number of alkyl halides is 1. The van der Waals surface area contributed by atoms with Crippen molar-refractivity contribution in [3.8, 4) is 5.75 Å². The predicted molar refractivity (Wildman–Crippen MR) is 115 cm³/mol. The van der Waals surface area contributed by atoms with Crippen LogP contribution in [0.3, 0.4) is 0 Å². The minimum Gasteiger partial charge on any atom is -0.507 e. The van der Waals surface area contributed by atoms with E-state index in [0.29, 0.717) is 6.54 Å². The van der Waals surface area contributed by atoms with Crippen molar-refractivity contribution in [1.82, 2.24) is 9.97 Å². The first-order valence-electron chi connectivity index (χ1n) is 8.91. The number of aryl methyl sites for hydroxylation is 1. The lowest BCUT2D eigenvalue weighted by Crippen LogP contribution is -2.17. The Morgan fingerprint density at radius 1 is 1.14 bits per heavy atom. The summed E-state index contributed by atoms with van der Waals surface area (Å²) < 4.78 is 0. The number of aromatic hydroxyl groups is 1. The summed E-state index contributed by atoms with van der Waals surface area (Å²) in [6.45, 7) is 2.73. The number of benzene rings is 2. The van der Waals surface area contributed by atoms with E-state index in [1.807, 2.05) is 43.3 Å². The minimum atomic E-state index is 0.239. The van der Waals surface area contributed by atoms with E-state index in [1.54, 1.807) is 17.2 Å². The number of pyridine rings is 1. The first-order chi connectivity index (χ1) is 13.7. The second kappa shape index (κ2) is 8.76. The molecule has 2 N–H and O–H groups in total. The smallest absolute Gasteiger partial charge is 0.214 e. The summed E-state index contributed by atoms with van der Waals surface area (Å²) in [4.78, 5) is 19.8. The van der Waals surface area contributed by atoms with Gasteiger partial charge in [0.15, 0.2) is 0 Å². The summed E-state index contributed by atoms with van der Waals surface area (Å²) in [7, 11) is 0. The molecule has 4 aromatic rings. The molecule has 1 amide bonds. The first-order valence-corrected chi connectivity index (χ1v) is 9.66. The lowest BCUT2D eigenvalue weighted by atomic mass is 10.0. The molecule has 0 aliphatic carbocycles. The Labute approximate surface area is 168 Å². The van der Waals surface area contributed by atoms with Crippen LogP contribution in [-0.2, 0) is 11.2 Å². The number of hydrogen-bond donors (Lipinski definition) is 2. The molecule has 5 rings (SSSR count). The molecule has 2 aromatic carbocycles. The molecule has 5 nitrogen and oxygen atoms in total. The average Bonchev–Trinajstić information content (AvgIpc) is 3.32. The zero-order valence-corrected chi connectivity index (χ0v) is 16.6. The van der Waals surface area contributed by atoms with Crippen LogP contribution in [0.2, 0.25) is 0 Å². The van der Waals surface area contributed by atoms with Gasteiger partial charge in [0.2, 0.25) is 6.41 Å². The predicted octanol–water partition coefficient (Wildman–Crippen LogP) is 4.79. The standard InChI is InChI=1S/C13H11NO2.C8H8N2.CH3Cl/c15-8-14-6-5-10-9-3-1-2-4-11(9)13(16)7-12(10)14;1-6-5-7-3-2-4-9-8(7)10-6;1-2/h1-4,7-8,16H,5-6H2;2-5H,1H3,(H,9,10);1H3. The normalized spacial score (nSPS) is 12.0. The van der Waals surface area contributed by atoms with Gasteiger partial charge in [-0.05, 0) is 42.5 Å². The fraction of sp³-hybridized carbons (Fsp3) is 0.182. The number of aromatic amines is 1. The van der Waals surface area contributed by atoms with Gasteiger partial charge in [-0.15, -0.1) is 11.6 Å².